The van der Waals surface area contributed by atoms with Crippen LogP contribution in [0.4, 0.5) is 4.39 Å². The van der Waals surface area contributed by atoms with Gasteiger partial charge in [-0.2, -0.15) is 5.26 Å². The Morgan fingerprint density at radius 3 is 2.47 bits per heavy atom. The van der Waals surface area contributed by atoms with Gasteiger partial charge in [-0.15, -0.1) is 0 Å². The molecule has 0 radical (unpaired) electrons. The summed E-state index contributed by atoms with van der Waals surface area (Å²) in [6.45, 7) is 3.37. The second-order valence-corrected chi connectivity index (χ2v) is 7.72. The van der Waals surface area contributed by atoms with Gasteiger partial charge in [0.15, 0.2) is 5.78 Å². The molecule has 0 saturated carbocycles. The van der Waals surface area contributed by atoms with E-state index >= 15 is 0 Å². The molecule has 1 aromatic carbocycles. The minimum Gasteiger partial charge on any atom is -0.294 e. The number of carbonyl (C=O) groups is 2. The van der Waals surface area contributed by atoms with Crippen LogP contribution < -0.4 is 10.6 Å². The minimum absolute atomic E-state index is 0.0160. The number of allylic oxidation sites excluding steroid dienone is 2. The molecule has 4 rings (SSSR count). The van der Waals surface area contributed by atoms with E-state index in [1.807, 2.05) is 6.07 Å². The first-order valence-corrected chi connectivity index (χ1v) is 9.81. The molecule has 1 aliphatic heterocycles. The zero-order valence-electron chi connectivity index (χ0n) is 16.7. The quantitative estimate of drug-likeness (QED) is 0.769. The number of nitriles is 1. The van der Waals surface area contributed by atoms with Crippen molar-refractivity contribution in [2.45, 2.75) is 45.4 Å². The monoisotopic (exact) mass is 405 g/mol. The van der Waals surface area contributed by atoms with Crippen LogP contribution in [0.25, 0.3) is 0 Å². The van der Waals surface area contributed by atoms with Crippen molar-refractivity contribution in [1.82, 2.24) is 4.68 Å². The molecule has 1 atom stereocenters. The summed E-state index contributed by atoms with van der Waals surface area (Å²) >= 11 is 0. The molecule has 6 nitrogen and oxygen atoms in total. The molecule has 1 aliphatic carbocycles. The van der Waals surface area contributed by atoms with E-state index in [9.17, 15) is 24.0 Å². The van der Waals surface area contributed by atoms with E-state index in [0.717, 1.165) is 0 Å². The zero-order chi connectivity index (χ0) is 21.6. The molecule has 0 bridgehead atoms. The van der Waals surface area contributed by atoms with Gasteiger partial charge in [-0.25, -0.2) is 14.1 Å². The molecule has 0 saturated heterocycles. The molecule has 2 aromatic rings. The number of aryl methyl sites for hydroxylation is 2. The highest BCUT2D eigenvalue weighted by atomic mass is 19.1. The number of rotatable bonds is 2. The van der Waals surface area contributed by atoms with Crippen LogP contribution in [0.1, 0.15) is 54.0 Å². The van der Waals surface area contributed by atoms with Crippen molar-refractivity contribution in [3.63, 3.8) is 0 Å². The van der Waals surface area contributed by atoms with Crippen LogP contribution in [0.15, 0.2) is 46.4 Å². The number of amides is 1. The lowest BCUT2D eigenvalue weighted by molar-refractivity contribution is -0.121. The number of benzene rings is 1. The van der Waals surface area contributed by atoms with Gasteiger partial charge in [0.2, 0.25) is 5.91 Å². The first-order chi connectivity index (χ1) is 14.3. The second-order valence-electron chi connectivity index (χ2n) is 7.72. The fourth-order valence-corrected chi connectivity index (χ4v) is 4.45. The molecular formula is C23H20FN3O3. The third-order valence-electron chi connectivity index (χ3n) is 5.79. The van der Waals surface area contributed by atoms with E-state index in [-0.39, 0.29) is 23.7 Å². The molecule has 2 aliphatic rings. The van der Waals surface area contributed by atoms with E-state index in [2.05, 4.69) is 0 Å². The molecule has 1 aromatic heterocycles. The van der Waals surface area contributed by atoms with E-state index in [4.69, 9.17) is 0 Å². The number of carbonyl (C=O) groups excluding carboxylic acids is 2. The lowest BCUT2D eigenvalue weighted by Gasteiger charge is -2.39. The van der Waals surface area contributed by atoms with Crippen molar-refractivity contribution in [2.75, 3.05) is 5.01 Å². The topological polar surface area (TPSA) is 83.2 Å². The molecule has 1 unspecified atom stereocenters. The van der Waals surface area contributed by atoms with Gasteiger partial charge in [-0.3, -0.25) is 14.4 Å². The number of halogens is 1. The van der Waals surface area contributed by atoms with E-state index in [1.165, 1.54) is 21.8 Å². The third kappa shape index (κ3) is 3.05. The van der Waals surface area contributed by atoms with Crippen molar-refractivity contribution in [2.24, 2.45) is 0 Å². The predicted molar refractivity (Wildman–Crippen MR) is 108 cm³/mol. The SMILES string of the molecule is Cc1cc(C)n(N2C(=O)CC(c3ccc(F)cc3)C3=C2CCCC3=O)c(=O)c1C#N. The van der Waals surface area contributed by atoms with Crippen molar-refractivity contribution in [3.05, 3.63) is 80.2 Å². The van der Waals surface area contributed by atoms with Gasteiger partial charge < -0.3 is 0 Å². The average molecular weight is 405 g/mol. The van der Waals surface area contributed by atoms with Gasteiger partial charge in [-0.05, 0) is 56.0 Å². The maximum atomic E-state index is 13.4. The lowest BCUT2D eigenvalue weighted by atomic mass is 9.77. The van der Waals surface area contributed by atoms with Crippen LogP contribution in [-0.4, -0.2) is 16.4 Å². The minimum atomic E-state index is -0.576. The highest BCUT2D eigenvalue weighted by Crippen LogP contribution is 2.41. The fraction of sp³-hybridized carbons (Fsp3) is 0.304. The van der Waals surface area contributed by atoms with Gasteiger partial charge in [0, 0.05) is 30.0 Å². The summed E-state index contributed by atoms with van der Waals surface area (Å²) in [7, 11) is 0. The Hall–Kier alpha value is -3.53. The molecule has 152 valence electrons. The smallest absolute Gasteiger partial charge is 0.288 e. The lowest BCUT2D eigenvalue weighted by Crippen LogP contribution is -2.52. The van der Waals surface area contributed by atoms with Crippen molar-refractivity contribution in [1.29, 1.82) is 5.26 Å². The van der Waals surface area contributed by atoms with Gasteiger partial charge in [0.05, 0.1) is 5.70 Å². The summed E-state index contributed by atoms with van der Waals surface area (Å²) in [4.78, 5) is 39.2. The van der Waals surface area contributed by atoms with Crippen molar-refractivity contribution < 1.29 is 14.0 Å². The summed E-state index contributed by atoms with van der Waals surface area (Å²) in [6, 6.07) is 9.41. The number of aromatic nitrogens is 1. The molecule has 0 N–H and O–H groups in total. The Balaban J connectivity index is 1.95. The number of Topliss-reactive ketones (excluding diaryl/α,β-unsaturated/α-hetero) is 1. The average Bonchev–Trinajstić information content (AvgIpc) is 2.70. The van der Waals surface area contributed by atoms with E-state index in [0.29, 0.717) is 47.4 Å². The van der Waals surface area contributed by atoms with Gasteiger partial charge in [0.1, 0.15) is 17.4 Å². The number of hydrogen-bond donors (Lipinski definition) is 0. The summed E-state index contributed by atoms with van der Waals surface area (Å²) in [6.07, 6.45) is 1.39. The van der Waals surface area contributed by atoms with Crippen LogP contribution in [0, 0.1) is 31.0 Å². The summed E-state index contributed by atoms with van der Waals surface area (Å²) in [5.41, 5.74) is 2.13. The zero-order valence-corrected chi connectivity index (χ0v) is 16.7. The molecule has 2 heterocycles. The van der Waals surface area contributed by atoms with E-state index in [1.54, 1.807) is 32.0 Å². The Morgan fingerprint density at radius 2 is 1.80 bits per heavy atom. The van der Waals surface area contributed by atoms with Crippen LogP contribution in [0.5, 0.6) is 0 Å². The van der Waals surface area contributed by atoms with Gasteiger partial charge in [-0.1, -0.05) is 12.1 Å². The first kappa shape index (κ1) is 19.8. The first-order valence-electron chi connectivity index (χ1n) is 9.81. The van der Waals surface area contributed by atoms with Crippen LogP contribution in [0.3, 0.4) is 0 Å². The van der Waals surface area contributed by atoms with Crippen LogP contribution in [0.2, 0.25) is 0 Å². The number of nitrogens with zero attached hydrogens (tertiary/aromatic N) is 3. The fourth-order valence-electron chi connectivity index (χ4n) is 4.45. The van der Waals surface area contributed by atoms with E-state index < -0.39 is 17.3 Å². The Kier molecular flexibility index (Phi) is 4.86. The Labute approximate surface area is 172 Å². The molecule has 1 amide bonds. The summed E-state index contributed by atoms with van der Waals surface area (Å²) in [5, 5.41) is 10.7. The highest BCUT2D eigenvalue weighted by molar-refractivity contribution is 6.04. The highest BCUT2D eigenvalue weighted by Gasteiger charge is 2.40. The van der Waals surface area contributed by atoms with Gasteiger partial charge >= 0.3 is 0 Å². The molecule has 30 heavy (non-hydrogen) atoms. The van der Waals surface area contributed by atoms with Crippen LogP contribution in [-0.2, 0) is 9.59 Å². The number of ketones is 1. The van der Waals surface area contributed by atoms with Crippen molar-refractivity contribution in [3.8, 4) is 6.07 Å². The molecule has 0 spiro atoms. The van der Waals surface area contributed by atoms with Crippen molar-refractivity contribution >= 4 is 11.7 Å². The maximum absolute atomic E-state index is 13.4. The van der Waals surface area contributed by atoms with Crippen LogP contribution >= 0.6 is 0 Å². The summed E-state index contributed by atoms with van der Waals surface area (Å²) < 4.78 is 14.6. The number of pyridine rings is 1. The molecule has 0 fully saturated rings. The second kappa shape index (κ2) is 7.38. The predicted octanol–water partition coefficient (Wildman–Crippen LogP) is 3.14. The summed E-state index contributed by atoms with van der Waals surface area (Å²) in [5.74, 6) is -1.27. The molecule has 7 heteroatoms. The maximum Gasteiger partial charge on any atom is 0.288 e. The molecular weight excluding hydrogens is 385 g/mol. The largest absolute Gasteiger partial charge is 0.294 e. The third-order valence-corrected chi connectivity index (χ3v) is 5.79. The standard InChI is InChI=1S/C23H20FN3O3/c1-13-10-14(2)26(23(30)18(13)12-25)27-19-4-3-5-20(28)22(19)17(11-21(27)29)15-6-8-16(24)9-7-15/h6-10,17H,3-5,11H2,1-2H3. The Morgan fingerprint density at radius 1 is 1.10 bits per heavy atom. The number of hydrogen-bond acceptors (Lipinski definition) is 4. The van der Waals surface area contributed by atoms with Gasteiger partial charge in [0.25, 0.3) is 5.56 Å². The Bertz CT molecular complexity index is 1200. The normalized spacial score (nSPS) is 19.0.